The molecule has 2 unspecified atom stereocenters. The molecule has 0 aromatic rings. The molecule has 0 aromatic carbocycles. The van der Waals surface area contributed by atoms with Crippen molar-refractivity contribution in [3.05, 3.63) is 0 Å². The lowest BCUT2D eigenvalue weighted by Gasteiger charge is -2.24. The van der Waals surface area contributed by atoms with Crippen LogP contribution in [0.3, 0.4) is 0 Å². The molecule has 2 aliphatic rings. The van der Waals surface area contributed by atoms with Gasteiger partial charge >= 0.3 is 11.9 Å². The second kappa shape index (κ2) is 11.0. The molecule has 28 heavy (non-hydrogen) atoms. The third-order valence-corrected chi connectivity index (χ3v) is 5.29. The Kier molecular flexibility index (Phi) is 8.73. The van der Waals surface area contributed by atoms with Gasteiger partial charge in [-0.05, 0) is 52.4 Å². The Morgan fingerprint density at radius 1 is 0.750 bits per heavy atom. The summed E-state index contributed by atoms with van der Waals surface area (Å²) in [5.41, 5.74) is 0. The minimum Gasteiger partial charge on any atom is -0.464 e. The van der Waals surface area contributed by atoms with E-state index in [-0.39, 0.29) is 23.8 Å². The van der Waals surface area contributed by atoms with E-state index in [1.54, 1.807) is 23.6 Å². The molecule has 2 saturated heterocycles. The van der Waals surface area contributed by atoms with Gasteiger partial charge < -0.3 is 19.3 Å². The Balaban J connectivity index is 1.73. The van der Waals surface area contributed by atoms with E-state index in [9.17, 15) is 19.2 Å². The average molecular weight is 396 g/mol. The molecule has 0 bridgehead atoms. The first-order chi connectivity index (χ1) is 13.5. The Morgan fingerprint density at radius 2 is 1.14 bits per heavy atom. The Bertz CT molecular complexity index is 529. The fourth-order valence-electron chi connectivity index (χ4n) is 3.94. The summed E-state index contributed by atoms with van der Waals surface area (Å²) < 4.78 is 10.1. The van der Waals surface area contributed by atoms with E-state index in [2.05, 4.69) is 0 Å². The van der Waals surface area contributed by atoms with Crippen LogP contribution in [0, 0.1) is 0 Å². The molecular weight excluding hydrogens is 364 g/mol. The van der Waals surface area contributed by atoms with E-state index in [4.69, 9.17) is 9.47 Å². The average Bonchev–Trinajstić information content (AvgIpc) is 3.34. The third kappa shape index (κ3) is 5.69. The lowest BCUT2D eigenvalue weighted by Crippen LogP contribution is -2.41. The zero-order valence-electron chi connectivity index (χ0n) is 17.0. The van der Waals surface area contributed by atoms with Crippen LogP contribution in [0.2, 0.25) is 0 Å². The van der Waals surface area contributed by atoms with Crippen molar-refractivity contribution in [2.45, 2.75) is 77.3 Å². The van der Waals surface area contributed by atoms with Gasteiger partial charge in [0.05, 0.1) is 13.2 Å². The van der Waals surface area contributed by atoms with E-state index in [0.717, 1.165) is 12.8 Å². The summed E-state index contributed by atoms with van der Waals surface area (Å²) in [5.74, 6) is -0.785. The molecular formula is C20H32N2O6. The molecule has 0 aromatic heterocycles. The van der Waals surface area contributed by atoms with E-state index in [1.165, 1.54) is 0 Å². The van der Waals surface area contributed by atoms with Crippen molar-refractivity contribution in [2.24, 2.45) is 0 Å². The Morgan fingerprint density at radius 3 is 1.50 bits per heavy atom. The van der Waals surface area contributed by atoms with Crippen LogP contribution in [-0.2, 0) is 28.7 Å². The number of amides is 2. The SMILES string of the molecule is CCOC(=O)C1CCCN1C(=O)CCCCC(=O)N1CCCC1C(=O)OCC. The number of carbonyl (C=O) groups is 4. The number of hydrogen-bond acceptors (Lipinski definition) is 6. The fourth-order valence-corrected chi connectivity index (χ4v) is 3.94. The molecule has 0 radical (unpaired) electrons. The maximum Gasteiger partial charge on any atom is 0.328 e. The van der Waals surface area contributed by atoms with Crippen LogP contribution >= 0.6 is 0 Å². The lowest BCUT2D eigenvalue weighted by molar-refractivity contribution is -0.153. The van der Waals surface area contributed by atoms with Crippen molar-refractivity contribution in [1.29, 1.82) is 0 Å². The topological polar surface area (TPSA) is 93.2 Å². The highest BCUT2D eigenvalue weighted by atomic mass is 16.5. The highest BCUT2D eigenvalue weighted by Crippen LogP contribution is 2.22. The van der Waals surface area contributed by atoms with Crippen LogP contribution in [0.1, 0.15) is 65.2 Å². The quantitative estimate of drug-likeness (QED) is 0.435. The molecule has 2 aliphatic heterocycles. The van der Waals surface area contributed by atoms with Crippen LogP contribution in [0.15, 0.2) is 0 Å². The second-order valence-corrected chi connectivity index (χ2v) is 7.20. The number of unbranched alkanes of at least 4 members (excludes halogenated alkanes) is 1. The summed E-state index contributed by atoms with van der Waals surface area (Å²) in [5, 5.41) is 0. The molecule has 2 heterocycles. The first-order valence-electron chi connectivity index (χ1n) is 10.4. The standard InChI is InChI=1S/C20H32N2O6/c1-3-27-19(25)15-9-7-13-21(15)17(23)11-5-6-12-18(24)22-14-8-10-16(22)20(26)28-4-2/h15-16H,3-14H2,1-2H3. The lowest BCUT2D eigenvalue weighted by atomic mass is 10.1. The number of hydrogen-bond donors (Lipinski definition) is 0. The molecule has 8 heteroatoms. The van der Waals surface area contributed by atoms with Crippen molar-refractivity contribution >= 4 is 23.8 Å². The summed E-state index contributed by atoms with van der Waals surface area (Å²) in [7, 11) is 0. The summed E-state index contributed by atoms with van der Waals surface area (Å²) in [6.07, 6.45) is 4.68. The van der Waals surface area contributed by atoms with Crippen molar-refractivity contribution < 1.29 is 28.7 Å². The highest BCUT2D eigenvalue weighted by molar-refractivity contribution is 5.86. The van der Waals surface area contributed by atoms with Crippen molar-refractivity contribution in [1.82, 2.24) is 9.80 Å². The Labute approximate surface area is 166 Å². The van der Waals surface area contributed by atoms with Gasteiger partial charge in [-0.25, -0.2) is 9.59 Å². The minimum absolute atomic E-state index is 0.0615. The molecule has 2 atom stereocenters. The summed E-state index contributed by atoms with van der Waals surface area (Å²) in [6, 6.07) is -0.937. The molecule has 0 N–H and O–H groups in total. The normalized spacial score (nSPS) is 21.6. The minimum atomic E-state index is -0.469. The highest BCUT2D eigenvalue weighted by Gasteiger charge is 2.36. The third-order valence-electron chi connectivity index (χ3n) is 5.29. The van der Waals surface area contributed by atoms with Crippen LogP contribution < -0.4 is 0 Å². The molecule has 2 amide bonds. The van der Waals surface area contributed by atoms with Crippen LogP contribution in [0.25, 0.3) is 0 Å². The van der Waals surface area contributed by atoms with Crippen LogP contribution in [0.5, 0.6) is 0 Å². The predicted octanol–water partition coefficient (Wildman–Crippen LogP) is 1.65. The van der Waals surface area contributed by atoms with E-state index >= 15 is 0 Å². The van der Waals surface area contributed by atoms with Gasteiger partial charge in [0.1, 0.15) is 12.1 Å². The predicted molar refractivity (Wildman–Crippen MR) is 101 cm³/mol. The Hall–Kier alpha value is -2.12. The first kappa shape index (κ1) is 22.2. The number of carbonyl (C=O) groups excluding carboxylic acids is 4. The summed E-state index contributed by atoms with van der Waals surface area (Å²) in [6.45, 7) is 5.28. The maximum atomic E-state index is 12.4. The van der Waals surface area contributed by atoms with Gasteiger partial charge in [0.15, 0.2) is 0 Å². The maximum absolute atomic E-state index is 12.4. The van der Waals surface area contributed by atoms with Crippen molar-refractivity contribution in [3.8, 4) is 0 Å². The second-order valence-electron chi connectivity index (χ2n) is 7.20. The smallest absolute Gasteiger partial charge is 0.328 e. The summed E-state index contributed by atoms with van der Waals surface area (Å²) in [4.78, 5) is 52.0. The van der Waals surface area contributed by atoms with Gasteiger partial charge in [-0.2, -0.15) is 0 Å². The zero-order chi connectivity index (χ0) is 20.5. The van der Waals surface area contributed by atoms with E-state index in [0.29, 0.717) is 64.8 Å². The van der Waals surface area contributed by atoms with Crippen LogP contribution in [-0.4, -0.2) is 71.9 Å². The first-order valence-corrected chi connectivity index (χ1v) is 10.4. The monoisotopic (exact) mass is 396 g/mol. The fraction of sp³-hybridized carbons (Fsp3) is 0.800. The molecule has 0 aliphatic carbocycles. The van der Waals surface area contributed by atoms with Gasteiger partial charge in [0, 0.05) is 25.9 Å². The van der Waals surface area contributed by atoms with E-state index in [1.807, 2.05) is 0 Å². The zero-order valence-corrected chi connectivity index (χ0v) is 17.0. The molecule has 8 nitrogen and oxygen atoms in total. The molecule has 2 rings (SSSR count). The number of ether oxygens (including phenoxy) is 2. The van der Waals surface area contributed by atoms with Gasteiger partial charge in [-0.1, -0.05) is 0 Å². The van der Waals surface area contributed by atoms with Gasteiger partial charge in [0.2, 0.25) is 11.8 Å². The summed E-state index contributed by atoms with van der Waals surface area (Å²) >= 11 is 0. The largest absolute Gasteiger partial charge is 0.464 e. The van der Waals surface area contributed by atoms with Crippen LogP contribution in [0.4, 0.5) is 0 Å². The van der Waals surface area contributed by atoms with Gasteiger partial charge in [0.25, 0.3) is 0 Å². The molecule has 2 fully saturated rings. The van der Waals surface area contributed by atoms with E-state index < -0.39 is 12.1 Å². The molecule has 158 valence electrons. The van der Waals surface area contributed by atoms with Crippen molar-refractivity contribution in [3.63, 3.8) is 0 Å². The number of likely N-dealkylation sites (tertiary alicyclic amines) is 2. The van der Waals surface area contributed by atoms with Crippen molar-refractivity contribution in [2.75, 3.05) is 26.3 Å². The molecule has 0 spiro atoms. The number of nitrogens with zero attached hydrogens (tertiary/aromatic N) is 2. The number of esters is 2. The van der Waals surface area contributed by atoms with Gasteiger partial charge in [-0.3, -0.25) is 9.59 Å². The van der Waals surface area contributed by atoms with Gasteiger partial charge in [-0.15, -0.1) is 0 Å². The number of rotatable bonds is 9. The molecule has 0 saturated carbocycles.